The van der Waals surface area contributed by atoms with Gasteiger partial charge in [-0.3, -0.25) is 4.90 Å². The number of nitrogens with zero attached hydrogens (tertiary/aromatic N) is 2. The van der Waals surface area contributed by atoms with Crippen LogP contribution in [-0.2, 0) is 11.3 Å². The van der Waals surface area contributed by atoms with Gasteiger partial charge in [0.1, 0.15) is 5.82 Å². The molecule has 0 atom stereocenters. The van der Waals surface area contributed by atoms with Crippen molar-refractivity contribution in [1.82, 2.24) is 15.5 Å². The molecule has 0 aromatic heterocycles. The Hall–Kier alpha value is -0.640. The minimum Gasteiger partial charge on any atom is -0.379 e. The van der Waals surface area contributed by atoms with E-state index in [0.717, 1.165) is 57.5 Å². The predicted molar refractivity (Wildman–Crippen MR) is 107 cm³/mol. The second-order valence-electron chi connectivity index (χ2n) is 5.32. The maximum atomic E-state index is 13.2. The van der Waals surface area contributed by atoms with Gasteiger partial charge < -0.3 is 15.4 Å². The number of aliphatic imine (C=N–C) groups is 1. The van der Waals surface area contributed by atoms with Crippen molar-refractivity contribution < 1.29 is 9.13 Å². The summed E-state index contributed by atoms with van der Waals surface area (Å²) in [6, 6.07) is 4.67. The standard InChI is InChI=1S/C16H24ClFN4O.HI/c1-2-19-16(20-5-6-22-7-9-23-10-8-22)21-12-13-3-4-15(18)14(17)11-13;/h3-4,11H,2,5-10,12H2,1H3,(H2,19,20,21);1H. The normalized spacial score (nSPS) is 15.7. The number of rotatable bonds is 6. The molecule has 0 radical (unpaired) electrons. The summed E-state index contributed by atoms with van der Waals surface area (Å²) in [6.07, 6.45) is 0. The van der Waals surface area contributed by atoms with Gasteiger partial charge in [0.2, 0.25) is 0 Å². The molecule has 5 nitrogen and oxygen atoms in total. The van der Waals surface area contributed by atoms with Crippen LogP contribution in [0.4, 0.5) is 4.39 Å². The van der Waals surface area contributed by atoms with E-state index in [2.05, 4.69) is 20.5 Å². The highest BCUT2D eigenvalue weighted by atomic mass is 127. The van der Waals surface area contributed by atoms with Crippen LogP contribution in [-0.4, -0.2) is 56.8 Å². The van der Waals surface area contributed by atoms with Crippen molar-refractivity contribution in [3.05, 3.63) is 34.6 Å². The second kappa shape index (κ2) is 11.8. The molecule has 2 N–H and O–H groups in total. The number of ether oxygens (including phenoxy) is 1. The molecule has 1 aliphatic rings. The molecule has 1 aromatic carbocycles. The third-order valence-corrected chi connectivity index (χ3v) is 3.86. The Morgan fingerprint density at radius 3 is 2.75 bits per heavy atom. The van der Waals surface area contributed by atoms with Crippen LogP contribution in [0.1, 0.15) is 12.5 Å². The second-order valence-corrected chi connectivity index (χ2v) is 5.73. The third-order valence-electron chi connectivity index (χ3n) is 3.57. The summed E-state index contributed by atoms with van der Waals surface area (Å²) in [6.45, 7) is 8.59. The van der Waals surface area contributed by atoms with Crippen molar-refractivity contribution in [3.8, 4) is 0 Å². The highest BCUT2D eigenvalue weighted by molar-refractivity contribution is 14.0. The lowest BCUT2D eigenvalue weighted by Gasteiger charge is -2.26. The van der Waals surface area contributed by atoms with Crippen molar-refractivity contribution in [1.29, 1.82) is 0 Å². The highest BCUT2D eigenvalue weighted by Crippen LogP contribution is 2.16. The van der Waals surface area contributed by atoms with Gasteiger partial charge in [0.25, 0.3) is 0 Å². The summed E-state index contributed by atoms with van der Waals surface area (Å²) in [4.78, 5) is 6.87. The van der Waals surface area contributed by atoms with Crippen molar-refractivity contribution >= 4 is 41.5 Å². The zero-order valence-electron chi connectivity index (χ0n) is 13.9. The molecular formula is C16H25ClFIN4O. The van der Waals surface area contributed by atoms with Gasteiger partial charge >= 0.3 is 0 Å². The van der Waals surface area contributed by atoms with E-state index in [1.165, 1.54) is 6.07 Å². The minimum atomic E-state index is -0.407. The number of nitrogens with one attached hydrogen (secondary N) is 2. The van der Waals surface area contributed by atoms with Gasteiger partial charge in [-0.05, 0) is 24.6 Å². The summed E-state index contributed by atoms with van der Waals surface area (Å²) >= 11 is 5.79. The Kier molecular flexibility index (Phi) is 10.6. The van der Waals surface area contributed by atoms with Crippen LogP contribution in [0.25, 0.3) is 0 Å². The minimum absolute atomic E-state index is 0. The summed E-state index contributed by atoms with van der Waals surface area (Å²) < 4.78 is 18.5. The summed E-state index contributed by atoms with van der Waals surface area (Å²) in [5.74, 6) is 0.344. The van der Waals surface area contributed by atoms with E-state index in [-0.39, 0.29) is 29.0 Å². The number of benzene rings is 1. The first-order chi connectivity index (χ1) is 11.2. The predicted octanol–water partition coefficient (Wildman–Crippen LogP) is 2.48. The van der Waals surface area contributed by atoms with Gasteiger partial charge in [-0.2, -0.15) is 0 Å². The average Bonchev–Trinajstić information content (AvgIpc) is 2.56. The fourth-order valence-electron chi connectivity index (χ4n) is 2.31. The summed E-state index contributed by atoms with van der Waals surface area (Å²) in [7, 11) is 0. The number of halogens is 3. The lowest BCUT2D eigenvalue weighted by Crippen LogP contribution is -2.44. The first kappa shape index (κ1) is 21.4. The van der Waals surface area contributed by atoms with E-state index in [1.54, 1.807) is 12.1 Å². The van der Waals surface area contributed by atoms with E-state index < -0.39 is 5.82 Å². The summed E-state index contributed by atoms with van der Waals surface area (Å²) in [5.41, 5.74) is 0.877. The van der Waals surface area contributed by atoms with Crippen LogP contribution in [0.2, 0.25) is 5.02 Å². The Labute approximate surface area is 165 Å². The van der Waals surface area contributed by atoms with Crippen LogP contribution in [0, 0.1) is 5.82 Å². The smallest absolute Gasteiger partial charge is 0.191 e. The molecule has 2 rings (SSSR count). The Balaban J connectivity index is 0.00000288. The molecule has 0 unspecified atom stereocenters. The quantitative estimate of drug-likeness (QED) is 0.381. The Morgan fingerprint density at radius 1 is 1.33 bits per heavy atom. The van der Waals surface area contributed by atoms with E-state index in [0.29, 0.717) is 6.54 Å². The zero-order chi connectivity index (χ0) is 16.5. The first-order valence-corrected chi connectivity index (χ1v) is 8.33. The molecule has 8 heteroatoms. The number of hydrogen-bond donors (Lipinski definition) is 2. The lowest BCUT2D eigenvalue weighted by atomic mass is 10.2. The molecule has 0 bridgehead atoms. The lowest BCUT2D eigenvalue weighted by molar-refractivity contribution is 0.0389. The third kappa shape index (κ3) is 7.50. The fraction of sp³-hybridized carbons (Fsp3) is 0.562. The maximum Gasteiger partial charge on any atom is 0.191 e. The van der Waals surface area contributed by atoms with Crippen molar-refractivity contribution in [2.24, 2.45) is 4.99 Å². The largest absolute Gasteiger partial charge is 0.379 e. The average molecular weight is 471 g/mol. The molecular weight excluding hydrogens is 446 g/mol. The molecule has 1 aromatic rings. The molecule has 136 valence electrons. The number of morpholine rings is 1. The van der Waals surface area contributed by atoms with Gasteiger partial charge in [-0.15, -0.1) is 24.0 Å². The molecule has 24 heavy (non-hydrogen) atoms. The van der Waals surface area contributed by atoms with Crippen LogP contribution in [0.3, 0.4) is 0 Å². The fourth-order valence-corrected chi connectivity index (χ4v) is 2.51. The number of guanidine groups is 1. The zero-order valence-corrected chi connectivity index (χ0v) is 16.9. The maximum absolute atomic E-state index is 13.2. The Morgan fingerprint density at radius 2 is 2.08 bits per heavy atom. The molecule has 0 aliphatic carbocycles. The molecule has 1 fully saturated rings. The molecule has 1 saturated heterocycles. The van der Waals surface area contributed by atoms with Gasteiger partial charge in [-0.25, -0.2) is 9.38 Å². The van der Waals surface area contributed by atoms with Crippen LogP contribution >= 0.6 is 35.6 Å². The molecule has 0 spiro atoms. The van der Waals surface area contributed by atoms with Crippen LogP contribution in [0.15, 0.2) is 23.2 Å². The van der Waals surface area contributed by atoms with E-state index in [1.807, 2.05) is 6.92 Å². The van der Waals surface area contributed by atoms with Crippen LogP contribution in [0.5, 0.6) is 0 Å². The van der Waals surface area contributed by atoms with Gasteiger partial charge in [0.15, 0.2) is 5.96 Å². The SMILES string of the molecule is CCNC(=NCc1ccc(F)c(Cl)c1)NCCN1CCOCC1.I. The van der Waals surface area contributed by atoms with Gasteiger partial charge in [-0.1, -0.05) is 17.7 Å². The van der Waals surface area contributed by atoms with E-state index in [4.69, 9.17) is 16.3 Å². The van der Waals surface area contributed by atoms with Crippen molar-refractivity contribution in [3.63, 3.8) is 0 Å². The van der Waals surface area contributed by atoms with Gasteiger partial charge in [0, 0.05) is 32.7 Å². The van der Waals surface area contributed by atoms with Crippen molar-refractivity contribution in [2.45, 2.75) is 13.5 Å². The summed E-state index contributed by atoms with van der Waals surface area (Å²) in [5, 5.41) is 6.65. The first-order valence-electron chi connectivity index (χ1n) is 7.95. The van der Waals surface area contributed by atoms with E-state index >= 15 is 0 Å². The highest BCUT2D eigenvalue weighted by Gasteiger charge is 2.09. The molecule has 0 saturated carbocycles. The number of hydrogen-bond acceptors (Lipinski definition) is 3. The van der Waals surface area contributed by atoms with E-state index in [9.17, 15) is 4.39 Å². The molecule has 0 amide bonds. The monoisotopic (exact) mass is 470 g/mol. The van der Waals surface area contributed by atoms with Gasteiger partial charge in [0.05, 0.1) is 24.8 Å². The topological polar surface area (TPSA) is 48.9 Å². The Bertz CT molecular complexity index is 527. The molecule has 1 aliphatic heterocycles. The van der Waals surface area contributed by atoms with Crippen LogP contribution < -0.4 is 10.6 Å². The van der Waals surface area contributed by atoms with Crippen molar-refractivity contribution in [2.75, 3.05) is 45.9 Å². The molecule has 1 heterocycles.